The van der Waals surface area contributed by atoms with E-state index in [0.29, 0.717) is 17.9 Å². The second-order valence-corrected chi connectivity index (χ2v) is 9.54. The zero-order valence-corrected chi connectivity index (χ0v) is 17.6. The summed E-state index contributed by atoms with van der Waals surface area (Å²) in [7, 11) is 0. The van der Waals surface area contributed by atoms with Gasteiger partial charge in [-0.25, -0.2) is 4.98 Å². The van der Waals surface area contributed by atoms with E-state index >= 15 is 0 Å². The summed E-state index contributed by atoms with van der Waals surface area (Å²) in [6.07, 6.45) is 8.45. The number of rotatable bonds is 7. The number of carbonyl (C=O) groups excluding carboxylic acids is 1. The number of likely N-dealkylation sites (tertiary alicyclic amines) is 2. The minimum absolute atomic E-state index is 0.308. The Balaban J connectivity index is 1.39. The molecule has 150 valence electrons. The lowest BCUT2D eigenvalue weighted by molar-refractivity contribution is -0.142. The summed E-state index contributed by atoms with van der Waals surface area (Å²) in [6.45, 7) is 9.68. The summed E-state index contributed by atoms with van der Waals surface area (Å²) in [5.74, 6) is 0.754. The second kappa shape index (κ2) is 9.01. The zero-order valence-electron chi connectivity index (χ0n) is 16.7. The minimum atomic E-state index is 0.308. The Kier molecular flexibility index (Phi) is 6.46. The molecule has 0 radical (unpaired) electrons. The summed E-state index contributed by atoms with van der Waals surface area (Å²) in [4.78, 5) is 26.3. The number of piperidine rings is 1. The molecular weight excluding hydrogens is 356 g/mol. The molecule has 1 aromatic heterocycles. The van der Waals surface area contributed by atoms with Crippen molar-refractivity contribution in [3.8, 4) is 0 Å². The molecule has 5 nitrogen and oxygen atoms in total. The number of aromatic nitrogens is 1. The Morgan fingerprint density at radius 1 is 1.15 bits per heavy atom. The van der Waals surface area contributed by atoms with Gasteiger partial charge in [0.05, 0.1) is 11.2 Å². The number of amides is 1. The van der Waals surface area contributed by atoms with Crippen LogP contribution in [0, 0.1) is 12.8 Å². The standard InChI is InChI=1S/C21H34N4OS/c1-17-20(27-16-22-17)15-24-11-5-8-19(14-24)25(21(26)18-6-4-7-18)13-12-23-9-2-3-10-23/h16,18-19H,2-15H2,1H3. The van der Waals surface area contributed by atoms with Crippen LogP contribution >= 0.6 is 11.3 Å². The number of carbonyl (C=O) groups is 1. The highest BCUT2D eigenvalue weighted by Gasteiger charge is 2.35. The molecular formula is C21H34N4OS. The second-order valence-electron chi connectivity index (χ2n) is 8.60. The number of hydrogen-bond acceptors (Lipinski definition) is 5. The van der Waals surface area contributed by atoms with Crippen molar-refractivity contribution >= 4 is 17.2 Å². The van der Waals surface area contributed by atoms with E-state index in [9.17, 15) is 4.79 Å². The van der Waals surface area contributed by atoms with Gasteiger partial charge in [-0.15, -0.1) is 11.3 Å². The fourth-order valence-corrected chi connectivity index (χ4v) is 5.55. The molecule has 1 aliphatic carbocycles. The van der Waals surface area contributed by atoms with E-state index in [4.69, 9.17) is 0 Å². The Labute approximate surface area is 167 Å². The van der Waals surface area contributed by atoms with Crippen molar-refractivity contribution in [2.24, 2.45) is 5.92 Å². The average molecular weight is 391 g/mol. The molecule has 3 heterocycles. The van der Waals surface area contributed by atoms with Crippen LogP contribution < -0.4 is 0 Å². The van der Waals surface area contributed by atoms with E-state index in [1.54, 1.807) is 11.3 Å². The molecule has 1 aromatic rings. The maximum Gasteiger partial charge on any atom is 0.226 e. The molecule has 0 spiro atoms. The molecule has 0 aromatic carbocycles. The maximum atomic E-state index is 13.2. The predicted octanol–water partition coefficient (Wildman–Crippen LogP) is 3.14. The van der Waals surface area contributed by atoms with E-state index < -0.39 is 0 Å². The molecule has 3 fully saturated rings. The van der Waals surface area contributed by atoms with Crippen molar-refractivity contribution in [3.05, 3.63) is 16.1 Å². The molecule has 6 heteroatoms. The van der Waals surface area contributed by atoms with Crippen LogP contribution in [0.15, 0.2) is 5.51 Å². The number of hydrogen-bond donors (Lipinski definition) is 0. The molecule has 0 N–H and O–H groups in total. The van der Waals surface area contributed by atoms with Gasteiger partial charge in [-0.2, -0.15) is 0 Å². The smallest absolute Gasteiger partial charge is 0.226 e. The highest BCUT2D eigenvalue weighted by Crippen LogP contribution is 2.30. The Hall–Kier alpha value is -0.980. The van der Waals surface area contributed by atoms with E-state index in [1.807, 2.05) is 5.51 Å². The molecule has 1 atom stereocenters. The molecule has 4 rings (SSSR count). The van der Waals surface area contributed by atoms with Crippen LogP contribution in [0.5, 0.6) is 0 Å². The van der Waals surface area contributed by atoms with Gasteiger partial charge in [0.1, 0.15) is 0 Å². The van der Waals surface area contributed by atoms with Crippen molar-refractivity contribution in [3.63, 3.8) is 0 Å². The van der Waals surface area contributed by atoms with Crippen LogP contribution in [0.1, 0.15) is 55.5 Å². The van der Waals surface area contributed by atoms with Crippen LogP contribution in [-0.4, -0.2) is 70.9 Å². The first-order valence-electron chi connectivity index (χ1n) is 10.8. The van der Waals surface area contributed by atoms with Gasteiger partial charge in [0, 0.05) is 43.0 Å². The van der Waals surface area contributed by atoms with Crippen molar-refractivity contribution in [2.75, 3.05) is 39.3 Å². The summed E-state index contributed by atoms with van der Waals surface area (Å²) in [6, 6.07) is 0.391. The number of nitrogens with zero attached hydrogens (tertiary/aromatic N) is 4. The number of aryl methyl sites for hydroxylation is 1. The Morgan fingerprint density at radius 3 is 2.59 bits per heavy atom. The van der Waals surface area contributed by atoms with Crippen LogP contribution in [0.25, 0.3) is 0 Å². The summed E-state index contributed by atoms with van der Waals surface area (Å²) >= 11 is 1.76. The largest absolute Gasteiger partial charge is 0.337 e. The van der Waals surface area contributed by atoms with Crippen molar-refractivity contribution in [1.29, 1.82) is 0 Å². The van der Waals surface area contributed by atoms with Crippen LogP contribution in [0.4, 0.5) is 0 Å². The van der Waals surface area contributed by atoms with Crippen molar-refractivity contribution in [1.82, 2.24) is 19.7 Å². The Bertz CT molecular complexity index is 623. The summed E-state index contributed by atoms with van der Waals surface area (Å²) in [5, 5.41) is 0. The van der Waals surface area contributed by atoms with E-state index in [2.05, 4.69) is 26.6 Å². The third-order valence-electron chi connectivity index (χ3n) is 6.73. The summed E-state index contributed by atoms with van der Waals surface area (Å²) in [5.41, 5.74) is 3.12. The lowest BCUT2D eigenvalue weighted by Crippen LogP contribution is -2.54. The van der Waals surface area contributed by atoms with Crippen LogP contribution in [0.2, 0.25) is 0 Å². The van der Waals surface area contributed by atoms with Gasteiger partial charge < -0.3 is 9.80 Å². The first kappa shape index (κ1) is 19.3. The molecule has 2 aliphatic heterocycles. The van der Waals surface area contributed by atoms with Gasteiger partial charge in [0.15, 0.2) is 0 Å². The Morgan fingerprint density at radius 2 is 1.93 bits per heavy atom. The van der Waals surface area contributed by atoms with Gasteiger partial charge in [0.2, 0.25) is 5.91 Å². The fraction of sp³-hybridized carbons (Fsp3) is 0.810. The third-order valence-corrected chi connectivity index (χ3v) is 7.65. The molecule has 1 saturated carbocycles. The van der Waals surface area contributed by atoms with Gasteiger partial charge in [-0.1, -0.05) is 6.42 Å². The number of thiazole rings is 1. The van der Waals surface area contributed by atoms with Crippen molar-refractivity contribution in [2.45, 2.75) is 64.5 Å². The van der Waals surface area contributed by atoms with E-state index in [1.165, 1.54) is 49.3 Å². The van der Waals surface area contributed by atoms with Gasteiger partial charge in [-0.05, 0) is 65.1 Å². The maximum absolute atomic E-state index is 13.2. The van der Waals surface area contributed by atoms with E-state index in [0.717, 1.165) is 52.0 Å². The molecule has 1 unspecified atom stereocenters. The van der Waals surface area contributed by atoms with Crippen LogP contribution in [0.3, 0.4) is 0 Å². The third kappa shape index (κ3) is 4.72. The molecule has 3 aliphatic rings. The van der Waals surface area contributed by atoms with Crippen molar-refractivity contribution < 1.29 is 4.79 Å². The SMILES string of the molecule is Cc1ncsc1CN1CCCC(N(CCN2CCCC2)C(=O)C2CCC2)C1. The molecule has 1 amide bonds. The molecule has 27 heavy (non-hydrogen) atoms. The van der Waals surface area contributed by atoms with Gasteiger partial charge in [0.25, 0.3) is 0 Å². The zero-order chi connectivity index (χ0) is 18.6. The van der Waals surface area contributed by atoms with Crippen LogP contribution in [-0.2, 0) is 11.3 Å². The first-order chi connectivity index (χ1) is 13.2. The predicted molar refractivity (Wildman–Crippen MR) is 110 cm³/mol. The minimum Gasteiger partial charge on any atom is -0.337 e. The normalized spacial score (nSPS) is 24.9. The highest BCUT2D eigenvalue weighted by atomic mass is 32.1. The molecule has 2 saturated heterocycles. The van der Waals surface area contributed by atoms with Gasteiger partial charge >= 0.3 is 0 Å². The highest BCUT2D eigenvalue weighted by molar-refractivity contribution is 7.09. The summed E-state index contributed by atoms with van der Waals surface area (Å²) < 4.78 is 0. The molecule has 0 bridgehead atoms. The lowest BCUT2D eigenvalue weighted by atomic mass is 9.83. The quantitative estimate of drug-likeness (QED) is 0.717. The van der Waals surface area contributed by atoms with Gasteiger partial charge in [-0.3, -0.25) is 9.69 Å². The monoisotopic (exact) mass is 390 g/mol. The topological polar surface area (TPSA) is 39.7 Å². The fourth-order valence-electron chi connectivity index (χ4n) is 4.73. The average Bonchev–Trinajstić information content (AvgIpc) is 3.26. The lowest BCUT2D eigenvalue weighted by Gasteiger charge is -2.42. The van der Waals surface area contributed by atoms with E-state index in [-0.39, 0.29) is 0 Å². The first-order valence-corrected chi connectivity index (χ1v) is 11.7.